The van der Waals surface area contributed by atoms with Gasteiger partial charge in [0, 0.05) is 11.1 Å². The lowest BCUT2D eigenvalue weighted by Crippen LogP contribution is -2.31. The third kappa shape index (κ3) is 4.43. The first-order valence-corrected chi connectivity index (χ1v) is 7.17. The van der Waals surface area contributed by atoms with Gasteiger partial charge in [0.2, 0.25) is 5.88 Å². The molecular weight excluding hydrogens is 320 g/mol. The number of hydrogen-bond acceptors (Lipinski definition) is 4. The zero-order valence-corrected chi connectivity index (χ0v) is 13.1. The van der Waals surface area contributed by atoms with Gasteiger partial charge in [-0.05, 0) is 17.7 Å². The lowest BCUT2D eigenvalue weighted by Gasteiger charge is -2.18. The second-order valence-electron chi connectivity index (χ2n) is 4.71. The largest absolute Gasteiger partial charge is 0.481 e. The Morgan fingerprint density at radius 3 is 2.65 bits per heavy atom. The molecule has 2 N–H and O–H groups in total. The fraction of sp³-hybridized carbons (Fsp3) is 0.188. The first kappa shape index (κ1) is 16.8. The highest BCUT2D eigenvalue weighted by Gasteiger charge is 2.21. The Morgan fingerprint density at radius 2 is 2.00 bits per heavy atom. The van der Waals surface area contributed by atoms with Gasteiger partial charge in [0.15, 0.2) is 0 Å². The van der Waals surface area contributed by atoms with Crippen LogP contribution in [0.15, 0.2) is 42.5 Å². The summed E-state index contributed by atoms with van der Waals surface area (Å²) in [6, 6.07) is 10.8. The molecule has 1 aromatic carbocycles. The van der Waals surface area contributed by atoms with E-state index in [0.29, 0.717) is 16.5 Å². The molecular formula is C16H15ClN2O4. The quantitative estimate of drug-likeness (QED) is 0.848. The number of hydrogen-bond donors (Lipinski definition) is 2. The van der Waals surface area contributed by atoms with Gasteiger partial charge in [-0.2, -0.15) is 0 Å². The number of amides is 1. The van der Waals surface area contributed by atoms with Gasteiger partial charge in [0.05, 0.1) is 19.6 Å². The number of methoxy groups -OCH3 is 1. The fourth-order valence-corrected chi connectivity index (χ4v) is 2.33. The van der Waals surface area contributed by atoms with Crippen molar-refractivity contribution in [3.8, 4) is 5.88 Å². The van der Waals surface area contributed by atoms with Crippen LogP contribution in [0.3, 0.4) is 0 Å². The van der Waals surface area contributed by atoms with Gasteiger partial charge in [0.1, 0.15) is 5.69 Å². The Hall–Kier alpha value is -2.60. The van der Waals surface area contributed by atoms with Crippen LogP contribution in [-0.2, 0) is 4.79 Å². The van der Waals surface area contributed by atoms with Crippen molar-refractivity contribution in [3.05, 3.63) is 58.7 Å². The molecule has 0 spiro atoms. The van der Waals surface area contributed by atoms with Crippen molar-refractivity contribution >= 4 is 23.5 Å². The van der Waals surface area contributed by atoms with Gasteiger partial charge in [-0.25, -0.2) is 4.98 Å². The molecule has 0 bridgehead atoms. The van der Waals surface area contributed by atoms with Gasteiger partial charge in [0.25, 0.3) is 5.91 Å². The molecule has 0 aliphatic carbocycles. The number of aromatic nitrogens is 1. The number of carbonyl (C=O) groups excluding carboxylic acids is 1. The smallest absolute Gasteiger partial charge is 0.305 e. The molecule has 0 saturated heterocycles. The van der Waals surface area contributed by atoms with Crippen LogP contribution in [0.5, 0.6) is 5.88 Å². The number of nitrogens with zero attached hydrogens (tertiary/aromatic N) is 1. The second kappa shape index (κ2) is 7.60. The zero-order valence-electron chi connectivity index (χ0n) is 12.3. The van der Waals surface area contributed by atoms with E-state index in [0.717, 1.165) is 0 Å². The molecule has 0 fully saturated rings. The van der Waals surface area contributed by atoms with E-state index in [2.05, 4.69) is 10.3 Å². The first-order chi connectivity index (χ1) is 11.0. The van der Waals surface area contributed by atoms with Crippen molar-refractivity contribution in [2.24, 2.45) is 0 Å². The van der Waals surface area contributed by atoms with E-state index in [-0.39, 0.29) is 12.1 Å². The second-order valence-corrected chi connectivity index (χ2v) is 5.12. The Balaban J connectivity index is 2.25. The number of nitrogens with one attached hydrogen (secondary N) is 1. The van der Waals surface area contributed by atoms with E-state index >= 15 is 0 Å². The maximum atomic E-state index is 12.3. The summed E-state index contributed by atoms with van der Waals surface area (Å²) in [5.41, 5.74) is 0.666. The number of aliphatic carboxylic acids is 1. The standard InChI is InChI=1S/C16H15ClN2O4/c1-23-14-8-4-7-12(18-14)16(22)19-13(9-15(20)21)10-5-2-3-6-11(10)17/h2-8,13H,9H2,1H3,(H,19,22)(H,20,21). The summed E-state index contributed by atoms with van der Waals surface area (Å²) in [6.07, 6.45) is -0.292. The van der Waals surface area contributed by atoms with E-state index < -0.39 is 17.9 Å². The van der Waals surface area contributed by atoms with E-state index in [1.807, 2.05) is 0 Å². The SMILES string of the molecule is COc1cccc(C(=O)NC(CC(=O)O)c2ccccc2Cl)n1. The van der Waals surface area contributed by atoms with Gasteiger partial charge in [-0.15, -0.1) is 0 Å². The number of ether oxygens (including phenoxy) is 1. The molecule has 6 nitrogen and oxygen atoms in total. The van der Waals surface area contributed by atoms with Crippen LogP contribution in [-0.4, -0.2) is 29.1 Å². The molecule has 0 radical (unpaired) electrons. The predicted octanol–water partition coefficient (Wildman–Crippen LogP) is 2.69. The minimum Gasteiger partial charge on any atom is -0.481 e. The van der Waals surface area contributed by atoms with Gasteiger partial charge >= 0.3 is 5.97 Å². The third-order valence-corrected chi connectivity index (χ3v) is 3.47. The molecule has 1 heterocycles. The van der Waals surface area contributed by atoms with Crippen LogP contribution in [0.4, 0.5) is 0 Å². The molecule has 1 aromatic heterocycles. The Kier molecular flexibility index (Phi) is 5.54. The number of carbonyl (C=O) groups is 2. The molecule has 0 saturated carbocycles. The highest BCUT2D eigenvalue weighted by molar-refractivity contribution is 6.31. The van der Waals surface area contributed by atoms with Gasteiger partial charge in [-0.1, -0.05) is 35.9 Å². The zero-order chi connectivity index (χ0) is 16.8. The summed E-state index contributed by atoms with van der Waals surface area (Å²) in [4.78, 5) is 27.4. The highest BCUT2D eigenvalue weighted by atomic mass is 35.5. The molecule has 7 heteroatoms. The number of carboxylic acid groups (broad SMARTS) is 1. The summed E-state index contributed by atoms with van der Waals surface area (Å²) < 4.78 is 4.97. The van der Waals surface area contributed by atoms with Crippen LogP contribution in [0, 0.1) is 0 Å². The van der Waals surface area contributed by atoms with Crippen molar-refractivity contribution in [2.75, 3.05) is 7.11 Å². The molecule has 2 aromatic rings. The Morgan fingerprint density at radius 1 is 1.26 bits per heavy atom. The monoisotopic (exact) mass is 334 g/mol. The van der Waals surface area contributed by atoms with E-state index in [1.54, 1.807) is 36.4 Å². The van der Waals surface area contributed by atoms with Crippen LogP contribution >= 0.6 is 11.6 Å². The van der Waals surface area contributed by atoms with Gasteiger partial charge < -0.3 is 15.2 Å². The average Bonchev–Trinajstić information content (AvgIpc) is 2.54. The number of carboxylic acids is 1. The van der Waals surface area contributed by atoms with Crippen LogP contribution in [0.25, 0.3) is 0 Å². The fourth-order valence-electron chi connectivity index (χ4n) is 2.06. The minimum atomic E-state index is -1.05. The van der Waals surface area contributed by atoms with Crippen molar-refractivity contribution in [1.82, 2.24) is 10.3 Å². The third-order valence-electron chi connectivity index (χ3n) is 3.13. The summed E-state index contributed by atoms with van der Waals surface area (Å²) in [7, 11) is 1.45. The van der Waals surface area contributed by atoms with Crippen molar-refractivity contribution in [2.45, 2.75) is 12.5 Å². The molecule has 1 amide bonds. The maximum Gasteiger partial charge on any atom is 0.305 e. The summed E-state index contributed by atoms with van der Waals surface area (Å²) in [5.74, 6) is -1.26. The maximum absolute atomic E-state index is 12.3. The predicted molar refractivity (Wildman–Crippen MR) is 84.7 cm³/mol. The molecule has 120 valence electrons. The number of benzene rings is 1. The van der Waals surface area contributed by atoms with Crippen LogP contribution < -0.4 is 10.1 Å². The highest BCUT2D eigenvalue weighted by Crippen LogP contribution is 2.25. The molecule has 1 atom stereocenters. The van der Waals surface area contributed by atoms with Crippen molar-refractivity contribution < 1.29 is 19.4 Å². The number of pyridine rings is 1. The summed E-state index contributed by atoms with van der Waals surface area (Å²) in [5, 5.41) is 12.1. The normalized spacial score (nSPS) is 11.6. The van der Waals surface area contributed by atoms with Crippen molar-refractivity contribution in [3.63, 3.8) is 0 Å². The van der Waals surface area contributed by atoms with Gasteiger partial charge in [-0.3, -0.25) is 9.59 Å². The summed E-state index contributed by atoms with van der Waals surface area (Å²) in [6.45, 7) is 0. The first-order valence-electron chi connectivity index (χ1n) is 6.79. The van der Waals surface area contributed by atoms with Crippen molar-refractivity contribution in [1.29, 1.82) is 0 Å². The van der Waals surface area contributed by atoms with Crippen LogP contribution in [0.1, 0.15) is 28.5 Å². The molecule has 23 heavy (non-hydrogen) atoms. The molecule has 0 aliphatic rings. The van der Waals surface area contributed by atoms with E-state index in [1.165, 1.54) is 13.2 Å². The lowest BCUT2D eigenvalue weighted by atomic mass is 10.0. The molecule has 1 unspecified atom stereocenters. The lowest BCUT2D eigenvalue weighted by molar-refractivity contribution is -0.137. The Bertz CT molecular complexity index is 721. The van der Waals surface area contributed by atoms with Crippen LogP contribution in [0.2, 0.25) is 5.02 Å². The minimum absolute atomic E-state index is 0.131. The van der Waals surface area contributed by atoms with E-state index in [9.17, 15) is 9.59 Å². The van der Waals surface area contributed by atoms with E-state index in [4.69, 9.17) is 21.4 Å². The molecule has 0 aliphatic heterocycles. The summed E-state index contributed by atoms with van der Waals surface area (Å²) >= 11 is 6.10. The molecule has 2 rings (SSSR count). The Labute approximate surface area is 138 Å². The average molecular weight is 335 g/mol. The number of halogens is 1. The topological polar surface area (TPSA) is 88.5 Å². The number of rotatable bonds is 6.